The molecule has 0 heterocycles. The molecule has 154 valence electrons. The van der Waals surface area contributed by atoms with E-state index < -0.39 is 5.97 Å². The van der Waals surface area contributed by atoms with Crippen molar-refractivity contribution in [2.75, 3.05) is 0 Å². The van der Waals surface area contributed by atoms with Crippen LogP contribution in [0.2, 0.25) is 0 Å². The van der Waals surface area contributed by atoms with Gasteiger partial charge in [0.05, 0.1) is 11.1 Å². The minimum absolute atomic E-state index is 0.327. The van der Waals surface area contributed by atoms with E-state index in [1.807, 2.05) is 24.3 Å². The second kappa shape index (κ2) is 10.8. The van der Waals surface area contributed by atoms with E-state index in [-0.39, 0.29) is 0 Å². The van der Waals surface area contributed by atoms with E-state index in [1.165, 1.54) is 11.1 Å². The van der Waals surface area contributed by atoms with Crippen LogP contribution in [0, 0.1) is 23.2 Å². The third-order valence-electron chi connectivity index (χ3n) is 4.88. The zero-order valence-corrected chi connectivity index (χ0v) is 17.9. The van der Waals surface area contributed by atoms with Crippen molar-refractivity contribution in [2.24, 2.45) is 0 Å². The predicted octanol–water partition coefficient (Wildman–Crippen LogP) is 6.08. The normalized spacial score (nSPS) is 9.97. The lowest BCUT2D eigenvalue weighted by atomic mass is 10.1. The summed E-state index contributed by atoms with van der Waals surface area (Å²) < 4.78 is 5.46. The number of rotatable bonds is 6. The number of nitriles is 1. The van der Waals surface area contributed by atoms with Gasteiger partial charge in [0.25, 0.3) is 0 Å². The van der Waals surface area contributed by atoms with Gasteiger partial charge in [0.2, 0.25) is 0 Å². The SMILES string of the molecule is CCCc1ccc(C#Cc2ccc(OC(=O)c3ccc(CCC)cc3)cc2C#N)cc1. The number of ether oxygens (including phenoxy) is 1. The molecule has 3 rings (SSSR count). The Kier molecular flexibility index (Phi) is 7.63. The topological polar surface area (TPSA) is 50.1 Å². The van der Waals surface area contributed by atoms with Crippen LogP contribution in [0.15, 0.2) is 66.7 Å². The van der Waals surface area contributed by atoms with Crippen LogP contribution in [-0.4, -0.2) is 5.97 Å². The van der Waals surface area contributed by atoms with Gasteiger partial charge < -0.3 is 4.74 Å². The van der Waals surface area contributed by atoms with Crippen molar-refractivity contribution >= 4 is 5.97 Å². The van der Waals surface area contributed by atoms with E-state index in [0.717, 1.165) is 31.2 Å². The molecule has 3 heteroatoms. The third kappa shape index (κ3) is 6.08. The Morgan fingerprint density at radius 2 is 1.42 bits per heavy atom. The summed E-state index contributed by atoms with van der Waals surface area (Å²) in [6, 6.07) is 22.6. The van der Waals surface area contributed by atoms with Gasteiger partial charge in [-0.1, -0.05) is 62.8 Å². The molecule has 0 N–H and O–H groups in total. The minimum Gasteiger partial charge on any atom is -0.423 e. The molecule has 0 saturated carbocycles. The maximum atomic E-state index is 12.4. The van der Waals surface area contributed by atoms with Crippen LogP contribution >= 0.6 is 0 Å². The summed E-state index contributed by atoms with van der Waals surface area (Å²) in [6.07, 6.45) is 4.19. The highest BCUT2D eigenvalue weighted by Gasteiger charge is 2.10. The smallest absolute Gasteiger partial charge is 0.343 e. The standard InChI is InChI=1S/C28H25NO2/c1-3-5-21-7-9-23(10-8-21)11-14-24-17-18-27(19-26(24)20-29)31-28(30)25-15-12-22(6-4-2)13-16-25/h7-10,12-13,15-19H,3-6H2,1-2H3. The van der Waals surface area contributed by atoms with Gasteiger partial charge in [-0.2, -0.15) is 5.26 Å². The molecule has 0 saturated heterocycles. The van der Waals surface area contributed by atoms with Gasteiger partial charge in [-0.3, -0.25) is 0 Å². The van der Waals surface area contributed by atoms with Crippen molar-refractivity contribution in [2.45, 2.75) is 39.5 Å². The summed E-state index contributed by atoms with van der Waals surface area (Å²) in [6.45, 7) is 4.27. The Bertz CT molecular complexity index is 1140. The van der Waals surface area contributed by atoms with E-state index in [9.17, 15) is 10.1 Å². The molecule has 0 aliphatic rings. The Morgan fingerprint density at radius 1 is 0.806 bits per heavy atom. The number of hydrogen-bond donors (Lipinski definition) is 0. The lowest BCUT2D eigenvalue weighted by Gasteiger charge is -2.06. The van der Waals surface area contributed by atoms with Gasteiger partial charge in [0.15, 0.2) is 0 Å². The zero-order chi connectivity index (χ0) is 22.1. The van der Waals surface area contributed by atoms with Crippen LogP contribution in [0.4, 0.5) is 0 Å². The van der Waals surface area contributed by atoms with Crippen LogP contribution < -0.4 is 4.74 Å². The number of esters is 1. The molecule has 31 heavy (non-hydrogen) atoms. The molecule has 0 aliphatic heterocycles. The van der Waals surface area contributed by atoms with Crippen molar-refractivity contribution < 1.29 is 9.53 Å². The largest absolute Gasteiger partial charge is 0.423 e. The average Bonchev–Trinajstić information content (AvgIpc) is 2.80. The highest BCUT2D eigenvalue weighted by atomic mass is 16.5. The number of aryl methyl sites for hydroxylation is 2. The van der Waals surface area contributed by atoms with Crippen LogP contribution in [0.1, 0.15) is 64.9 Å². The van der Waals surface area contributed by atoms with Gasteiger partial charge in [-0.25, -0.2) is 4.79 Å². The quantitative estimate of drug-likeness (QED) is 0.283. The van der Waals surface area contributed by atoms with Crippen molar-refractivity contribution in [1.29, 1.82) is 5.26 Å². The van der Waals surface area contributed by atoms with Gasteiger partial charge in [0.1, 0.15) is 11.8 Å². The Labute approximate surface area is 184 Å². The fourth-order valence-electron chi connectivity index (χ4n) is 3.23. The van der Waals surface area contributed by atoms with E-state index in [2.05, 4.69) is 43.9 Å². The molecule has 0 atom stereocenters. The first-order chi connectivity index (χ1) is 15.1. The molecular formula is C28H25NO2. The number of benzene rings is 3. The average molecular weight is 408 g/mol. The summed E-state index contributed by atoms with van der Waals surface area (Å²) in [7, 11) is 0. The fraction of sp³-hybridized carbons (Fsp3) is 0.214. The molecule has 0 aromatic heterocycles. The van der Waals surface area contributed by atoms with E-state index >= 15 is 0 Å². The van der Waals surface area contributed by atoms with Crippen LogP contribution in [0.25, 0.3) is 0 Å². The highest BCUT2D eigenvalue weighted by molar-refractivity contribution is 5.91. The van der Waals surface area contributed by atoms with Gasteiger partial charge in [0, 0.05) is 11.1 Å². The molecule has 0 amide bonds. The summed E-state index contributed by atoms with van der Waals surface area (Å²) in [5.41, 5.74) is 4.83. The van der Waals surface area contributed by atoms with E-state index in [4.69, 9.17) is 4.74 Å². The molecular weight excluding hydrogens is 382 g/mol. The highest BCUT2D eigenvalue weighted by Crippen LogP contribution is 2.19. The van der Waals surface area contributed by atoms with Gasteiger partial charge in [-0.05, 0) is 66.4 Å². The first-order valence-electron chi connectivity index (χ1n) is 10.6. The van der Waals surface area contributed by atoms with Gasteiger partial charge >= 0.3 is 5.97 Å². The lowest BCUT2D eigenvalue weighted by Crippen LogP contribution is -2.08. The number of nitrogens with zero attached hydrogens (tertiary/aromatic N) is 1. The van der Waals surface area contributed by atoms with Crippen LogP contribution in [-0.2, 0) is 12.8 Å². The Hall–Kier alpha value is -3.82. The summed E-state index contributed by atoms with van der Waals surface area (Å²) >= 11 is 0. The lowest BCUT2D eigenvalue weighted by molar-refractivity contribution is 0.0734. The Balaban J connectivity index is 1.72. The molecule has 3 aromatic carbocycles. The molecule has 0 bridgehead atoms. The van der Waals surface area contributed by atoms with Crippen molar-refractivity contribution in [3.8, 4) is 23.7 Å². The van der Waals surface area contributed by atoms with Crippen LogP contribution in [0.5, 0.6) is 5.75 Å². The molecule has 0 spiro atoms. The monoisotopic (exact) mass is 407 g/mol. The first kappa shape index (κ1) is 21.9. The maximum absolute atomic E-state index is 12.4. The predicted molar refractivity (Wildman–Crippen MR) is 123 cm³/mol. The molecule has 0 unspecified atom stereocenters. The zero-order valence-electron chi connectivity index (χ0n) is 17.9. The summed E-state index contributed by atoms with van der Waals surface area (Å²) in [5.74, 6) is 6.03. The summed E-state index contributed by atoms with van der Waals surface area (Å²) in [4.78, 5) is 12.4. The molecule has 0 radical (unpaired) electrons. The van der Waals surface area contributed by atoms with E-state index in [1.54, 1.807) is 30.3 Å². The summed E-state index contributed by atoms with van der Waals surface area (Å²) in [5, 5.41) is 9.51. The fourth-order valence-corrected chi connectivity index (χ4v) is 3.23. The van der Waals surface area contributed by atoms with E-state index in [0.29, 0.717) is 22.4 Å². The van der Waals surface area contributed by atoms with Crippen molar-refractivity contribution in [3.63, 3.8) is 0 Å². The maximum Gasteiger partial charge on any atom is 0.343 e. The van der Waals surface area contributed by atoms with Crippen LogP contribution in [0.3, 0.4) is 0 Å². The molecule has 0 fully saturated rings. The Morgan fingerprint density at radius 3 is 2.00 bits per heavy atom. The number of hydrogen-bond acceptors (Lipinski definition) is 3. The van der Waals surface area contributed by atoms with Gasteiger partial charge in [-0.15, -0.1) is 0 Å². The third-order valence-corrected chi connectivity index (χ3v) is 4.88. The van der Waals surface area contributed by atoms with Crippen molar-refractivity contribution in [3.05, 3.63) is 100 Å². The number of carbonyl (C=O) groups is 1. The second-order valence-electron chi connectivity index (χ2n) is 7.35. The molecule has 0 aliphatic carbocycles. The molecule has 3 aromatic rings. The van der Waals surface area contributed by atoms with Crippen molar-refractivity contribution in [1.82, 2.24) is 0 Å². The second-order valence-corrected chi connectivity index (χ2v) is 7.35. The minimum atomic E-state index is -0.446. The molecule has 3 nitrogen and oxygen atoms in total. The first-order valence-corrected chi connectivity index (χ1v) is 10.6. The number of carbonyl (C=O) groups excluding carboxylic acids is 1.